The quantitative estimate of drug-likeness (QED) is 0.279. The van der Waals surface area contributed by atoms with Gasteiger partial charge < -0.3 is 20.4 Å². The number of aliphatic carboxylic acids is 2. The van der Waals surface area contributed by atoms with Crippen LogP contribution in [0.15, 0.2) is 35.9 Å². The van der Waals surface area contributed by atoms with E-state index in [9.17, 15) is 34.8 Å². The molecule has 1 aromatic carbocycles. The first-order valence-corrected chi connectivity index (χ1v) is 15.3. The molecule has 1 heterocycles. The molecule has 4 N–H and O–H groups in total. The predicted octanol–water partition coefficient (Wildman–Crippen LogP) is 4.13. The highest BCUT2D eigenvalue weighted by molar-refractivity contribution is 7.89. The molecular weight excluding hydrogens is 608 g/mol. The van der Waals surface area contributed by atoms with Gasteiger partial charge in [0.1, 0.15) is 0 Å². The van der Waals surface area contributed by atoms with Crippen molar-refractivity contribution in [3.63, 3.8) is 0 Å². The Morgan fingerprint density at radius 1 is 1.00 bits per heavy atom. The number of hydrogen-bond donors (Lipinski definition) is 4. The zero-order chi connectivity index (χ0) is 32.6. The van der Waals surface area contributed by atoms with Gasteiger partial charge >= 0.3 is 24.3 Å². The highest BCUT2D eigenvalue weighted by atomic mass is 32.2. The summed E-state index contributed by atoms with van der Waals surface area (Å²) in [6.07, 6.45) is -2.83. The highest BCUT2D eigenvalue weighted by Gasteiger charge is 2.53. The molecule has 0 unspecified atom stereocenters. The average molecular weight is 646 g/mol. The van der Waals surface area contributed by atoms with Crippen LogP contribution in [0, 0.1) is 11.3 Å². The lowest BCUT2D eigenvalue weighted by atomic mass is 9.60. The minimum atomic E-state index is -5.08. The van der Waals surface area contributed by atoms with E-state index in [1.165, 1.54) is 24.8 Å². The molecule has 43 heavy (non-hydrogen) atoms. The molecule has 0 radical (unpaired) electrons. The van der Waals surface area contributed by atoms with Gasteiger partial charge in [0, 0.05) is 38.3 Å². The Kier molecular flexibility index (Phi) is 12.6. The summed E-state index contributed by atoms with van der Waals surface area (Å²) in [6.45, 7) is 7.56. The Hall–Kier alpha value is -2.69. The summed E-state index contributed by atoms with van der Waals surface area (Å²) in [4.78, 5) is 20.2. The third-order valence-electron chi connectivity index (χ3n) is 7.37. The van der Waals surface area contributed by atoms with E-state index in [2.05, 4.69) is 58.3 Å². The van der Waals surface area contributed by atoms with Crippen LogP contribution in [-0.2, 0) is 19.6 Å². The summed E-state index contributed by atoms with van der Waals surface area (Å²) in [7, 11) is -3.06. The maximum absolute atomic E-state index is 11.5. The molecule has 0 bridgehead atoms. The van der Waals surface area contributed by atoms with Crippen LogP contribution in [0.1, 0.15) is 45.1 Å². The number of rotatable bonds is 10. The maximum Gasteiger partial charge on any atom is 0.490 e. The van der Waals surface area contributed by atoms with E-state index in [-0.39, 0.29) is 5.75 Å². The van der Waals surface area contributed by atoms with Crippen LogP contribution in [0.2, 0.25) is 0 Å². The van der Waals surface area contributed by atoms with E-state index in [1.54, 1.807) is 12.5 Å². The average Bonchev–Trinajstić information content (AvgIpc) is 3.63. The molecule has 1 aliphatic heterocycles. The van der Waals surface area contributed by atoms with Gasteiger partial charge in [-0.3, -0.25) is 0 Å². The molecule has 9 nitrogen and oxygen atoms in total. The normalized spacial score (nSPS) is 21.8. The largest absolute Gasteiger partial charge is 0.490 e. The molecule has 3 fully saturated rings. The van der Waals surface area contributed by atoms with Crippen molar-refractivity contribution in [2.75, 3.05) is 31.9 Å². The molecule has 3 aliphatic rings. The number of hydrogen-bond acceptors (Lipinski definition) is 6. The van der Waals surface area contributed by atoms with Crippen molar-refractivity contribution in [2.24, 2.45) is 11.3 Å². The lowest BCUT2D eigenvalue weighted by Crippen LogP contribution is -2.66. The molecule has 16 heteroatoms. The summed E-state index contributed by atoms with van der Waals surface area (Å²) in [6, 6.07) is 12.0. The molecule has 2 saturated carbocycles. The van der Waals surface area contributed by atoms with E-state index >= 15 is 0 Å². The van der Waals surface area contributed by atoms with Crippen molar-refractivity contribution < 1.29 is 54.6 Å². The highest BCUT2D eigenvalue weighted by Crippen LogP contribution is 2.50. The van der Waals surface area contributed by atoms with Gasteiger partial charge in [0.25, 0.3) is 0 Å². The van der Waals surface area contributed by atoms with E-state index < -0.39 is 34.3 Å². The van der Waals surface area contributed by atoms with Gasteiger partial charge in [0.05, 0.1) is 5.75 Å². The molecular formula is C27H37F6N3O6S. The number of halogens is 6. The topological polar surface area (TPSA) is 136 Å². The number of sulfonamides is 1. The van der Waals surface area contributed by atoms with Crippen LogP contribution >= 0.6 is 0 Å². The lowest BCUT2D eigenvalue weighted by molar-refractivity contribution is -0.193. The van der Waals surface area contributed by atoms with Crippen LogP contribution in [0.25, 0.3) is 6.08 Å². The second-order valence-electron chi connectivity index (χ2n) is 10.8. The number of alkyl halides is 6. The van der Waals surface area contributed by atoms with Gasteiger partial charge in [-0.1, -0.05) is 48.9 Å². The summed E-state index contributed by atoms with van der Waals surface area (Å²) < 4.78 is 89.1. The number of nitrogens with zero attached hydrogens (tertiary/aromatic N) is 1. The van der Waals surface area contributed by atoms with Crippen molar-refractivity contribution in [3.05, 3.63) is 41.5 Å². The van der Waals surface area contributed by atoms with Gasteiger partial charge in [0.15, 0.2) is 0 Å². The Morgan fingerprint density at radius 2 is 1.51 bits per heavy atom. The first kappa shape index (κ1) is 36.5. The zero-order valence-corrected chi connectivity index (χ0v) is 24.5. The summed E-state index contributed by atoms with van der Waals surface area (Å²) >= 11 is 0. The molecule has 244 valence electrons. The molecule has 2 aliphatic carbocycles. The Morgan fingerprint density at radius 3 is 1.95 bits per heavy atom. The number of benzene rings is 1. The van der Waals surface area contributed by atoms with Crippen molar-refractivity contribution in [1.82, 2.24) is 14.9 Å². The van der Waals surface area contributed by atoms with E-state index in [0.29, 0.717) is 30.0 Å². The fraction of sp³-hybridized carbons (Fsp3) is 0.630. The Labute approximate surface area is 246 Å². The van der Waals surface area contributed by atoms with Gasteiger partial charge in [-0.15, -0.1) is 0 Å². The number of nitrogens with one attached hydrogen (secondary N) is 2. The smallest absolute Gasteiger partial charge is 0.475 e. The Bertz CT molecular complexity index is 1190. The lowest BCUT2D eigenvalue weighted by Gasteiger charge is -2.59. The molecule has 1 spiro atoms. The number of carbonyl (C=O) groups is 2. The maximum atomic E-state index is 11.5. The van der Waals surface area contributed by atoms with Gasteiger partial charge in [0.2, 0.25) is 10.0 Å². The van der Waals surface area contributed by atoms with Crippen molar-refractivity contribution >= 4 is 28.0 Å². The van der Waals surface area contributed by atoms with Crippen molar-refractivity contribution in [3.8, 4) is 0 Å². The minimum absolute atomic E-state index is 0.159. The monoisotopic (exact) mass is 645 g/mol. The predicted molar refractivity (Wildman–Crippen MR) is 146 cm³/mol. The SMILES string of the molecule is CC/C(=C\c1ccccc1)[C@@H]1C[C@H]1NC1CC2(C1)CN(CCNS(=O)(=O)CC)C2.O=C(O)C(F)(F)F.O=C(O)C(F)(F)F. The Balaban J connectivity index is 0.000000384. The third-order valence-corrected chi connectivity index (χ3v) is 8.77. The number of carboxylic acids is 2. The standard InChI is InChI=1S/C23H35N3O2S.2C2HF3O2/c1-3-19(12-18-8-6-5-7-9-18)21-13-22(21)25-20-14-23(15-20)16-26(17-23)11-10-24-29(27,28)4-2;2*3-2(4,5)1(6)7/h5-9,12,20-22,24-25H,3-4,10-11,13-17H2,1-2H3;2*(H,6,7)/b19-12+;;/t21-,22+;;/m0../s1. The fourth-order valence-corrected chi connectivity index (χ4v) is 5.82. The van der Waals surface area contributed by atoms with Crippen LogP contribution < -0.4 is 10.0 Å². The molecule has 1 saturated heterocycles. The summed E-state index contributed by atoms with van der Waals surface area (Å²) in [5.74, 6) is -4.64. The molecule has 0 aromatic heterocycles. The minimum Gasteiger partial charge on any atom is -0.475 e. The van der Waals surface area contributed by atoms with Crippen LogP contribution in [-0.4, -0.2) is 91.8 Å². The van der Waals surface area contributed by atoms with E-state index in [4.69, 9.17) is 19.8 Å². The molecule has 1 aromatic rings. The van der Waals surface area contributed by atoms with Crippen LogP contribution in [0.3, 0.4) is 0 Å². The molecule has 0 amide bonds. The van der Waals surface area contributed by atoms with Crippen molar-refractivity contribution in [1.29, 1.82) is 0 Å². The molecule has 2 atom stereocenters. The first-order valence-electron chi connectivity index (χ1n) is 13.6. The second-order valence-corrected chi connectivity index (χ2v) is 12.9. The van der Waals surface area contributed by atoms with Crippen LogP contribution in [0.4, 0.5) is 26.3 Å². The number of carboxylic acid groups (broad SMARTS) is 2. The third kappa shape index (κ3) is 12.1. The second kappa shape index (κ2) is 14.9. The van der Waals surface area contributed by atoms with Crippen molar-refractivity contribution in [2.45, 2.75) is 64.0 Å². The zero-order valence-electron chi connectivity index (χ0n) is 23.7. The summed E-state index contributed by atoms with van der Waals surface area (Å²) in [5, 5.41) is 18.1. The van der Waals surface area contributed by atoms with E-state index in [0.717, 1.165) is 26.1 Å². The van der Waals surface area contributed by atoms with Gasteiger partial charge in [-0.2, -0.15) is 26.3 Å². The summed E-state index contributed by atoms with van der Waals surface area (Å²) in [5.41, 5.74) is 3.39. The number of likely N-dealkylation sites (tertiary alicyclic amines) is 1. The van der Waals surface area contributed by atoms with E-state index in [1.807, 2.05) is 0 Å². The first-order chi connectivity index (χ1) is 19.8. The fourth-order valence-electron chi connectivity index (χ4n) is 5.21. The van der Waals surface area contributed by atoms with Gasteiger partial charge in [-0.05, 0) is 49.5 Å². The van der Waals surface area contributed by atoms with Crippen LogP contribution in [0.5, 0.6) is 0 Å². The van der Waals surface area contributed by atoms with Gasteiger partial charge in [-0.25, -0.2) is 22.7 Å². The molecule has 4 rings (SSSR count).